The van der Waals surface area contributed by atoms with Gasteiger partial charge in [-0.05, 0) is 5.56 Å². The Balaban J connectivity index is 2.90. The largest absolute Gasteiger partial charge is 0.299 e. The summed E-state index contributed by atoms with van der Waals surface area (Å²) in [5, 5.41) is 8.77. The number of rotatable bonds is 2. The molecule has 12 heavy (non-hydrogen) atoms. The molecule has 0 saturated heterocycles. The molecule has 0 amide bonds. The minimum absolute atomic E-state index is 0.212. The number of hydrogen-bond acceptors (Lipinski definition) is 2. The molecule has 0 spiro atoms. The predicted molar refractivity (Wildman–Crippen MR) is 49.2 cm³/mol. The van der Waals surface area contributed by atoms with Gasteiger partial charge in [0, 0.05) is 13.3 Å². The topological polar surface area (TPSA) is 36.1 Å². The summed E-state index contributed by atoms with van der Waals surface area (Å²) in [4.78, 5) is 3.84. The van der Waals surface area contributed by atoms with Gasteiger partial charge in [-0.3, -0.25) is 4.99 Å². The molecule has 0 saturated carbocycles. The molecule has 1 aromatic rings. The van der Waals surface area contributed by atoms with Crippen LogP contribution in [-0.2, 0) is 0 Å². The second kappa shape index (κ2) is 4.30. The van der Waals surface area contributed by atoms with E-state index >= 15 is 0 Å². The van der Waals surface area contributed by atoms with Crippen LogP contribution in [0, 0.1) is 11.3 Å². The van der Waals surface area contributed by atoms with Crippen LogP contribution in [0.4, 0.5) is 0 Å². The molecule has 0 fully saturated rings. The first kappa shape index (κ1) is 8.48. The lowest BCUT2D eigenvalue weighted by atomic mass is 10.0. The highest BCUT2D eigenvalue weighted by atomic mass is 14.6. The monoisotopic (exact) mass is 158 g/mol. The van der Waals surface area contributed by atoms with Gasteiger partial charge in [-0.1, -0.05) is 30.3 Å². The van der Waals surface area contributed by atoms with Crippen molar-refractivity contribution in [3.63, 3.8) is 0 Å². The first-order valence-corrected chi connectivity index (χ1v) is 3.75. The molecule has 0 heterocycles. The Hall–Kier alpha value is -1.62. The van der Waals surface area contributed by atoms with Crippen molar-refractivity contribution in [2.75, 3.05) is 7.05 Å². The number of aliphatic imine (C=N–C) groups is 1. The minimum atomic E-state index is -0.212. The van der Waals surface area contributed by atoms with E-state index in [4.69, 9.17) is 5.26 Å². The number of nitrogens with zero attached hydrogens (tertiary/aromatic N) is 2. The first-order valence-electron chi connectivity index (χ1n) is 3.75. The third-order valence-electron chi connectivity index (χ3n) is 1.60. The molecule has 1 unspecified atom stereocenters. The van der Waals surface area contributed by atoms with E-state index in [2.05, 4.69) is 11.1 Å². The summed E-state index contributed by atoms with van der Waals surface area (Å²) in [5.41, 5.74) is 0.991. The molecule has 1 aromatic carbocycles. The quantitative estimate of drug-likeness (QED) is 0.606. The van der Waals surface area contributed by atoms with Gasteiger partial charge in [0.05, 0.1) is 6.07 Å². The fourth-order valence-corrected chi connectivity index (χ4v) is 1.00. The predicted octanol–water partition coefficient (Wildman–Crippen LogP) is 1.99. The van der Waals surface area contributed by atoms with Crippen molar-refractivity contribution in [3.8, 4) is 6.07 Å². The van der Waals surface area contributed by atoms with Crippen molar-refractivity contribution >= 4 is 6.21 Å². The van der Waals surface area contributed by atoms with Crippen LogP contribution in [0.5, 0.6) is 0 Å². The van der Waals surface area contributed by atoms with E-state index in [1.807, 2.05) is 30.3 Å². The van der Waals surface area contributed by atoms with Gasteiger partial charge in [0.2, 0.25) is 0 Å². The summed E-state index contributed by atoms with van der Waals surface area (Å²) < 4.78 is 0. The highest BCUT2D eigenvalue weighted by Crippen LogP contribution is 2.11. The summed E-state index contributed by atoms with van der Waals surface area (Å²) in [7, 11) is 1.67. The summed E-state index contributed by atoms with van der Waals surface area (Å²) in [6.07, 6.45) is 1.65. The lowest BCUT2D eigenvalue weighted by Gasteiger charge is -2.00. The van der Waals surface area contributed by atoms with Crippen LogP contribution in [0.25, 0.3) is 0 Å². The molecular formula is C10H10N2. The Bertz CT molecular complexity index is 295. The van der Waals surface area contributed by atoms with Crippen molar-refractivity contribution in [1.29, 1.82) is 5.26 Å². The van der Waals surface area contributed by atoms with Gasteiger partial charge in [0.25, 0.3) is 0 Å². The molecule has 0 aromatic heterocycles. The van der Waals surface area contributed by atoms with Gasteiger partial charge in [0.15, 0.2) is 0 Å². The van der Waals surface area contributed by atoms with E-state index in [1.165, 1.54) is 0 Å². The van der Waals surface area contributed by atoms with E-state index in [0.717, 1.165) is 5.56 Å². The van der Waals surface area contributed by atoms with Crippen LogP contribution in [0.15, 0.2) is 35.3 Å². The van der Waals surface area contributed by atoms with Gasteiger partial charge in [-0.15, -0.1) is 0 Å². The zero-order valence-electron chi connectivity index (χ0n) is 6.94. The maximum absolute atomic E-state index is 8.77. The van der Waals surface area contributed by atoms with Crippen LogP contribution < -0.4 is 0 Å². The fourth-order valence-electron chi connectivity index (χ4n) is 1.00. The van der Waals surface area contributed by atoms with Crippen LogP contribution >= 0.6 is 0 Å². The highest BCUT2D eigenvalue weighted by molar-refractivity contribution is 5.71. The molecule has 2 nitrogen and oxygen atoms in total. The molecule has 0 radical (unpaired) electrons. The summed E-state index contributed by atoms with van der Waals surface area (Å²) in [5.74, 6) is -0.212. The third kappa shape index (κ3) is 1.93. The maximum Gasteiger partial charge on any atom is 0.106 e. The van der Waals surface area contributed by atoms with Crippen molar-refractivity contribution < 1.29 is 0 Å². The Morgan fingerprint density at radius 2 is 2.08 bits per heavy atom. The Morgan fingerprint density at radius 3 is 2.58 bits per heavy atom. The average molecular weight is 158 g/mol. The minimum Gasteiger partial charge on any atom is -0.299 e. The standard InChI is InChI=1S/C10H10N2/c1-12-8-10(7-11)9-5-3-2-4-6-9/h2-6,8,10H,1H3. The molecule has 60 valence electrons. The van der Waals surface area contributed by atoms with Gasteiger partial charge in [-0.2, -0.15) is 5.26 Å². The van der Waals surface area contributed by atoms with Crippen LogP contribution in [-0.4, -0.2) is 13.3 Å². The third-order valence-corrected chi connectivity index (χ3v) is 1.60. The lowest BCUT2D eigenvalue weighted by Crippen LogP contribution is -1.95. The van der Waals surface area contributed by atoms with E-state index < -0.39 is 0 Å². The van der Waals surface area contributed by atoms with E-state index in [9.17, 15) is 0 Å². The molecule has 0 N–H and O–H groups in total. The van der Waals surface area contributed by atoms with Gasteiger partial charge in [0.1, 0.15) is 5.92 Å². The van der Waals surface area contributed by atoms with Crippen LogP contribution in [0.3, 0.4) is 0 Å². The summed E-state index contributed by atoms with van der Waals surface area (Å²) >= 11 is 0. The number of hydrogen-bond donors (Lipinski definition) is 0. The molecule has 0 aliphatic carbocycles. The molecule has 1 rings (SSSR count). The van der Waals surface area contributed by atoms with Crippen LogP contribution in [0.1, 0.15) is 11.5 Å². The second-order valence-electron chi connectivity index (χ2n) is 2.42. The Labute approximate surface area is 72.2 Å². The van der Waals surface area contributed by atoms with Gasteiger partial charge < -0.3 is 0 Å². The van der Waals surface area contributed by atoms with Crippen LogP contribution in [0.2, 0.25) is 0 Å². The number of benzene rings is 1. The van der Waals surface area contributed by atoms with Crippen molar-refractivity contribution in [2.45, 2.75) is 5.92 Å². The van der Waals surface area contributed by atoms with Crippen molar-refractivity contribution in [2.24, 2.45) is 4.99 Å². The first-order chi connectivity index (χ1) is 5.88. The SMILES string of the molecule is CN=CC(C#N)c1ccccc1. The molecule has 0 aliphatic heterocycles. The molecule has 1 atom stereocenters. The van der Waals surface area contributed by atoms with Gasteiger partial charge in [-0.25, -0.2) is 0 Å². The molecular weight excluding hydrogens is 148 g/mol. The zero-order valence-corrected chi connectivity index (χ0v) is 6.94. The van der Waals surface area contributed by atoms with Gasteiger partial charge >= 0.3 is 0 Å². The molecule has 0 aliphatic rings. The molecule has 2 heteroatoms. The summed E-state index contributed by atoms with van der Waals surface area (Å²) in [6.45, 7) is 0. The van der Waals surface area contributed by atoms with E-state index in [1.54, 1.807) is 13.3 Å². The molecule has 0 bridgehead atoms. The normalized spacial score (nSPS) is 12.7. The highest BCUT2D eigenvalue weighted by Gasteiger charge is 2.04. The summed E-state index contributed by atoms with van der Waals surface area (Å²) in [6, 6.07) is 11.8. The zero-order chi connectivity index (χ0) is 8.81. The second-order valence-corrected chi connectivity index (χ2v) is 2.42. The van der Waals surface area contributed by atoms with E-state index in [0.29, 0.717) is 0 Å². The fraction of sp³-hybridized carbons (Fsp3) is 0.200. The average Bonchev–Trinajstić information content (AvgIpc) is 2.15. The lowest BCUT2D eigenvalue weighted by molar-refractivity contribution is 1.16. The number of nitriles is 1. The Morgan fingerprint density at radius 1 is 1.42 bits per heavy atom. The Kier molecular flexibility index (Phi) is 3.04. The smallest absolute Gasteiger partial charge is 0.106 e. The van der Waals surface area contributed by atoms with Crippen molar-refractivity contribution in [3.05, 3.63) is 35.9 Å². The van der Waals surface area contributed by atoms with Crippen molar-refractivity contribution in [1.82, 2.24) is 0 Å². The maximum atomic E-state index is 8.77. The van der Waals surface area contributed by atoms with E-state index in [-0.39, 0.29) is 5.92 Å².